The maximum absolute atomic E-state index is 12.4. The average molecular weight is 239 g/mol. The van der Waals surface area contributed by atoms with Crippen LogP contribution in [0, 0.1) is 5.92 Å². The predicted octanol–water partition coefficient (Wildman–Crippen LogP) is 2.42. The van der Waals surface area contributed by atoms with E-state index >= 15 is 0 Å². The summed E-state index contributed by atoms with van der Waals surface area (Å²) in [7, 11) is 0. The third-order valence-electron chi connectivity index (χ3n) is 3.18. The number of unbranched alkanes of at least 4 members (excludes halogenated alkanes) is 2. The molecule has 1 aliphatic heterocycles. The van der Waals surface area contributed by atoms with Crippen molar-refractivity contribution in [2.24, 2.45) is 5.92 Å². The number of nitrogens with zero attached hydrogens (tertiary/aromatic N) is 1. The molecular weight excluding hydrogens is 219 g/mol. The molecule has 0 spiro atoms. The number of halogens is 3. The topological polar surface area (TPSA) is 23.5 Å². The first-order chi connectivity index (χ1) is 7.54. The Hall–Kier alpha value is -0.290. The van der Waals surface area contributed by atoms with E-state index in [-0.39, 0.29) is 19.4 Å². The SMILES string of the molecule is OCCCCCN1CCC(C(F)(F)F)CC1. The van der Waals surface area contributed by atoms with Gasteiger partial charge in [-0.1, -0.05) is 0 Å². The van der Waals surface area contributed by atoms with Crippen LogP contribution in [0.25, 0.3) is 0 Å². The number of likely N-dealkylation sites (tertiary alicyclic amines) is 1. The monoisotopic (exact) mass is 239 g/mol. The molecule has 1 fully saturated rings. The summed E-state index contributed by atoms with van der Waals surface area (Å²) in [6, 6.07) is 0. The second kappa shape index (κ2) is 6.45. The maximum atomic E-state index is 12.4. The van der Waals surface area contributed by atoms with E-state index in [0.717, 1.165) is 25.8 Å². The molecule has 1 rings (SSSR count). The zero-order chi connectivity index (χ0) is 12.0. The molecule has 5 heteroatoms. The highest BCUT2D eigenvalue weighted by Gasteiger charge is 2.40. The first-order valence-corrected chi connectivity index (χ1v) is 5.94. The molecule has 0 aromatic rings. The molecule has 0 radical (unpaired) electrons. The molecule has 2 nitrogen and oxygen atoms in total. The lowest BCUT2D eigenvalue weighted by atomic mass is 9.96. The standard InChI is InChI=1S/C11H20F3NO/c12-11(13,14)10-4-7-15(8-5-10)6-2-1-3-9-16/h10,16H,1-9H2. The number of rotatable bonds is 5. The van der Waals surface area contributed by atoms with Crippen molar-refractivity contribution < 1.29 is 18.3 Å². The van der Waals surface area contributed by atoms with Crippen LogP contribution in [0.5, 0.6) is 0 Å². The number of aliphatic hydroxyl groups is 1. The second-order valence-corrected chi connectivity index (χ2v) is 4.44. The van der Waals surface area contributed by atoms with Gasteiger partial charge in [-0.05, 0) is 51.7 Å². The summed E-state index contributed by atoms with van der Waals surface area (Å²) in [5.41, 5.74) is 0. The van der Waals surface area contributed by atoms with Crippen molar-refractivity contribution in [1.82, 2.24) is 4.90 Å². The van der Waals surface area contributed by atoms with E-state index in [2.05, 4.69) is 4.90 Å². The van der Waals surface area contributed by atoms with Gasteiger partial charge in [0.2, 0.25) is 0 Å². The number of aliphatic hydroxyl groups excluding tert-OH is 1. The van der Waals surface area contributed by atoms with E-state index in [0.29, 0.717) is 13.1 Å². The molecular formula is C11H20F3NO. The quantitative estimate of drug-likeness (QED) is 0.745. The Morgan fingerprint density at radius 3 is 2.19 bits per heavy atom. The van der Waals surface area contributed by atoms with Gasteiger partial charge in [-0.3, -0.25) is 0 Å². The van der Waals surface area contributed by atoms with Crippen LogP contribution in [0.1, 0.15) is 32.1 Å². The summed E-state index contributed by atoms with van der Waals surface area (Å²) in [4.78, 5) is 2.10. The van der Waals surface area contributed by atoms with Gasteiger partial charge in [0.1, 0.15) is 0 Å². The van der Waals surface area contributed by atoms with Gasteiger partial charge in [0, 0.05) is 6.61 Å². The van der Waals surface area contributed by atoms with E-state index < -0.39 is 12.1 Å². The van der Waals surface area contributed by atoms with Gasteiger partial charge >= 0.3 is 6.18 Å². The predicted molar refractivity (Wildman–Crippen MR) is 56.2 cm³/mol. The van der Waals surface area contributed by atoms with E-state index in [4.69, 9.17) is 5.11 Å². The first kappa shape index (κ1) is 13.8. The highest BCUT2D eigenvalue weighted by Crippen LogP contribution is 2.34. The van der Waals surface area contributed by atoms with Crippen molar-refractivity contribution in [3.05, 3.63) is 0 Å². The highest BCUT2D eigenvalue weighted by atomic mass is 19.4. The first-order valence-electron chi connectivity index (χ1n) is 5.94. The van der Waals surface area contributed by atoms with Crippen molar-refractivity contribution in [2.45, 2.75) is 38.3 Å². The molecule has 0 aromatic heterocycles. The highest BCUT2D eigenvalue weighted by molar-refractivity contribution is 4.76. The Balaban J connectivity index is 2.12. The van der Waals surface area contributed by atoms with Crippen molar-refractivity contribution in [3.63, 3.8) is 0 Å². The minimum atomic E-state index is -4.01. The Morgan fingerprint density at radius 1 is 1.06 bits per heavy atom. The smallest absolute Gasteiger partial charge is 0.391 e. The number of piperidine rings is 1. The van der Waals surface area contributed by atoms with Gasteiger partial charge in [-0.15, -0.1) is 0 Å². The molecule has 96 valence electrons. The van der Waals surface area contributed by atoms with E-state index in [1.54, 1.807) is 0 Å². The Morgan fingerprint density at radius 2 is 1.69 bits per heavy atom. The van der Waals surface area contributed by atoms with Gasteiger partial charge in [0.15, 0.2) is 0 Å². The summed E-state index contributed by atoms with van der Waals surface area (Å²) < 4.78 is 37.1. The molecule has 16 heavy (non-hydrogen) atoms. The molecule has 1 aliphatic rings. The minimum Gasteiger partial charge on any atom is -0.396 e. The Bertz CT molecular complexity index is 188. The molecule has 1 heterocycles. The number of hydrogen-bond acceptors (Lipinski definition) is 2. The lowest BCUT2D eigenvalue weighted by Gasteiger charge is -2.32. The molecule has 0 bridgehead atoms. The maximum Gasteiger partial charge on any atom is 0.391 e. The summed E-state index contributed by atoms with van der Waals surface area (Å²) in [5.74, 6) is -1.10. The lowest BCUT2D eigenvalue weighted by Crippen LogP contribution is -2.39. The third kappa shape index (κ3) is 4.70. The fourth-order valence-corrected chi connectivity index (χ4v) is 2.11. The molecule has 0 aliphatic carbocycles. The van der Waals surface area contributed by atoms with Crippen LogP contribution < -0.4 is 0 Å². The van der Waals surface area contributed by atoms with Gasteiger partial charge in [0.25, 0.3) is 0 Å². The van der Waals surface area contributed by atoms with Crippen molar-refractivity contribution in [1.29, 1.82) is 0 Å². The zero-order valence-electron chi connectivity index (χ0n) is 9.47. The summed E-state index contributed by atoms with van der Waals surface area (Å²) >= 11 is 0. The zero-order valence-corrected chi connectivity index (χ0v) is 9.47. The molecule has 0 saturated carbocycles. The van der Waals surface area contributed by atoms with Crippen molar-refractivity contribution in [2.75, 3.05) is 26.2 Å². The normalized spacial score (nSPS) is 20.2. The third-order valence-corrected chi connectivity index (χ3v) is 3.18. The Labute approximate surface area is 94.4 Å². The van der Waals surface area contributed by atoms with Crippen LogP contribution in [0.2, 0.25) is 0 Å². The van der Waals surface area contributed by atoms with Gasteiger partial charge in [-0.2, -0.15) is 13.2 Å². The van der Waals surface area contributed by atoms with Gasteiger partial charge in [-0.25, -0.2) is 0 Å². The van der Waals surface area contributed by atoms with E-state index in [1.807, 2.05) is 0 Å². The minimum absolute atomic E-state index is 0.205. The lowest BCUT2D eigenvalue weighted by molar-refractivity contribution is -0.185. The molecule has 1 saturated heterocycles. The molecule has 1 N–H and O–H groups in total. The van der Waals surface area contributed by atoms with E-state index in [1.165, 1.54) is 0 Å². The van der Waals surface area contributed by atoms with Gasteiger partial charge in [0.05, 0.1) is 5.92 Å². The van der Waals surface area contributed by atoms with Crippen molar-refractivity contribution in [3.8, 4) is 0 Å². The summed E-state index contributed by atoms with van der Waals surface area (Å²) in [6.45, 7) is 2.19. The fraction of sp³-hybridized carbons (Fsp3) is 1.00. The van der Waals surface area contributed by atoms with E-state index in [9.17, 15) is 13.2 Å². The van der Waals surface area contributed by atoms with Crippen molar-refractivity contribution >= 4 is 0 Å². The van der Waals surface area contributed by atoms with Gasteiger partial charge < -0.3 is 10.0 Å². The fourth-order valence-electron chi connectivity index (χ4n) is 2.11. The van der Waals surface area contributed by atoms with Crippen LogP contribution in [0.3, 0.4) is 0 Å². The summed E-state index contributed by atoms with van der Waals surface area (Å²) in [6.07, 6.45) is -0.818. The molecule has 0 amide bonds. The van der Waals surface area contributed by atoms with Crippen LogP contribution >= 0.6 is 0 Å². The summed E-state index contributed by atoms with van der Waals surface area (Å²) in [5, 5.41) is 8.59. The number of hydrogen-bond donors (Lipinski definition) is 1. The average Bonchev–Trinajstić information content (AvgIpc) is 2.24. The number of alkyl halides is 3. The molecule has 0 aromatic carbocycles. The largest absolute Gasteiger partial charge is 0.396 e. The van der Waals surface area contributed by atoms with Crippen LogP contribution in [-0.4, -0.2) is 42.4 Å². The Kier molecular flexibility index (Phi) is 5.55. The van der Waals surface area contributed by atoms with Crippen LogP contribution in [0.4, 0.5) is 13.2 Å². The van der Waals surface area contributed by atoms with Crippen LogP contribution in [0.15, 0.2) is 0 Å². The van der Waals surface area contributed by atoms with Crippen LogP contribution in [-0.2, 0) is 0 Å². The molecule has 0 atom stereocenters. The molecule has 0 unspecified atom stereocenters. The second-order valence-electron chi connectivity index (χ2n) is 4.44.